The molecule has 1 aliphatic rings. The molecule has 2 unspecified atom stereocenters. The maximum Gasteiger partial charge on any atom is 0.123 e. The smallest absolute Gasteiger partial charge is 0.123 e. The summed E-state index contributed by atoms with van der Waals surface area (Å²) in [7, 11) is 0. The molecule has 0 aromatic heterocycles. The summed E-state index contributed by atoms with van der Waals surface area (Å²) in [5.41, 5.74) is 1.30. The van der Waals surface area contributed by atoms with Crippen molar-refractivity contribution in [3.05, 3.63) is 29.8 Å². The second kappa shape index (κ2) is 6.92. The Morgan fingerprint density at radius 3 is 2.89 bits per heavy atom. The third-order valence-corrected chi connectivity index (χ3v) is 3.98. The van der Waals surface area contributed by atoms with E-state index in [-0.39, 0.29) is 0 Å². The van der Waals surface area contributed by atoms with Gasteiger partial charge in [0, 0.05) is 37.3 Å². The second-order valence-electron chi connectivity index (χ2n) is 5.49. The molecule has 3 nitrogen and oxygen atoms in total. The van der Waals surface area contributed by atoms with Gasteiger partial charge in [0.2, 0.25) is 0 Å². The Bertz CT molecular complexity index is 394. The average Bonchev–Trinajstić information content (AvgIpc) is 2.66. The number of hydrogen-bond acceptors (Lipinski definition) is 3. The van der Waals surface area contributed by atoms with E-state index in [0.717, 1.165) is 32.0 Å². The molecule has 0 amide bonds. The van der Waals surface area contributed by atoms with Gasteiger partial charge >= 0.3 is 0 Å². The predicted octanol–water partition coefficient (Wildman–Crippen LogP) is 2.66. The lowest BCUT2D eigenvalue weighted by Crippen LogP contribution is -2.43. The van der Waals surface area contributed by atoms with Crippen LogP contribution in [0.25, 0.3) is 0 Å². The van der Waals surface area contributed by atoms with Crippen molar-refractivity contribution in [3.63, 3.8) is 0 Å². The highest BCUT2D eigenvalue weighted by molar-refractivity contribution is 5.33. The largest absolute Gasteiger partial charge is 0.492 e. The zero-order valence-corrected chi connectivity index (χ0v) is 12.4. The second-order valence-corrected chi connectivity index (χ2v) is 5.49. The molecule has 2 atom stereocenters. The van der Waals surface area contributed by atoms with Gasteiger partial charge in [0.15, 0.2) is 0 Å². The van der Waals surface area contributed by atoms with E-state index >= 15 is 0 Å². The first kappa shape index (κ1) is 14.4. The van der Waals surface area contributed by atoms with Crippen LogP contribution in [0.4, 0.5) is 0 Å². The standard InChI is InChI=1S/C16H26N2O/c1-4-13(2)17-11-14(3)18-9-10-19-16-8-6-5-7-15(16)12-18/h5-8,13-14,17H,4,9-12H2,1-3H3. The summed E-state index contributed by atoms with van der Waals surface area (Å²) in [4.78, 5) is 2.50. The summed E-state index contributed by atoms with van der Waals surface area (Å²) >= 11 is 0. The van der Waals surface area contributed by atoms with Crippen molar-refractivity contribution in [2.45, 2.75) is 45.8 Å². The molecule has 1 aromatic carbocycles. The highest BCUT2D eigenvalue weighted by Gasteiger charge is 2.19. The summed E-state index contributed by atoms with van der Waals surface area (Å²) in [6.07, 6.45) is 1.18. The lowest BCUT2D eigenvalue weighted by atomic mass is 10.1. The lowest BCUT2D eigenvalue weighted by Gasteiger charge is -2.28. The number of nitrogens with one attached hydrogen (secondary N) is 1. The zero-order valence-electron chi connectivity index (χ0n) is 12.4. The molecule has 0 saturated carbocycles. The van der Waals surface area contributed by atoms with Crippen molar-refractivity contribution in [3.8, 4) is 5.75 Å². The van der Waals surface area contributed by atoms with E-state index in [1.807, 2.05) is 6.07 Å². The Labute approximate surface area is 116 Å². The quantitative estimate of drug-likeness (QED) is 0.883. The molecule has 0 bridgehead atoms. The van der Waals surface area contributed by atoms with Gasteiger partial charge in [0.25, 0.3) is 0 Å². The minimum absolute atomic E-state index is 0.531. The first-order valence-electron chi connectivity index (χ1n) is 7.38. The lowest BCUT2D eigenvalue weighted by molar-refractivity contribution is 0.173. The van der Waals surface area contributed by atoms with Crippen molar-refractivity contribution < 1.29 is 4.74 Å². The van der Waals surface area contributed by atoms with Crippen LogP contribution >= 0.6 is 0 Å². The van der Waals surface area contributed by atoms with E-state index in [0.29, 0.717) is 12.1 Å². The molecule has 1 heterocycles. The molecule has 0 radical (unpaired) electrons. The molecule has 1 aromatic rings. The number of ether oxygens (including phenoxy) is 1. The molecular formula is C16H26N2O. The predicted molar refractivity (Wildman–Crippen MR) is 79.6 cm³/mol. The fourth-order valence-corrected chi connectivity index (χ4v) is 2.37. The van der Waals surface area contributed by atoms with E-state index in [4.69, 9.17) is 4.74 Å². The fourth-order valence-electron chi connectivity index (χ4n) is 2.37. The molecule has 106 valence electrons. The van der Waals surface area contributed by atoms with Crippen LogP contribution in [0, 0.1) is 0 Å². The number of nitrogens with zero attached hydrogens (tertiary/aromatic N) is 1. The summed E-state index contributed by atoms with van der Waals surface area (Å²) < 4.78 is 5.81. The van der Waals surface area contributed by atoms with E-state index in [2.05, 4.69) is 49.2 Å². The van der Waals surface area contributed by atoms with Crippen LogP contribution in [0.5, 0.6) is 5.75 Å². The normalized spacial score (nSPS) is 19.1. The van der Waals surface area contributed by atoms with Crippen molar-refractivity contribution in [1.29, 1.82) is 0 Å². The van der Waals surface area contributed by atoms with Crippen LogP contribution in [0.15, 0.2) is 24.3 Å². The molecule has 0 spiro atoms. The minimum Gasteiger partial charge on any atom is -0.492 e. The monoisotopic (exact) mass is 262 g/mol. The summed E-state index contributed by atoms with van der Waals surface area (Å²) in [6, 6.07) is 9.50. The van der Waals surface area contributed by atoms with Gasteiger partial charge in [-0.25, -0.2) is 0 Å². The first-order chi connectivity index (χ1) is 9.20. The van der Waals surface area contributed by atoms with Gasteiger partial charge in [-0.1, -0.05) is 25.1 Å². The topological polar surface area (TPSA) is 24.5 Å². The van der Waals surface area contributed by atoms with E-state index in [1.54, 1.807) is 0 Å². The zero-order chi connectivity index (χ0) is 13.7. The molecule has 0 aliphatic carbocycles. The molecule has 1 aliphatic heterocycles. The van der Waals surface area contributed by atoms with Gasteiger partial charge < -0.3 is 10.1 Å². The van der Waals surface area contributed by atoms with Crippen LogP contribution in [0.1, 0.15) is 32.8 Å². The Kier molecular flexibility index (Phi) is 5.23. The Hall–Kier alpha value is -1.06. The van der Waals surface area contributed by atoms with Gasteiger partial charge in [-0.05, 0) is 26.3 Å². The summed E-state index contributed by atoms with van der Waals surface area (Å²) in [6.45, 7) is 10.6. The maximum absolute atomic E-state index is 5.81. The van der Waals surface area contributed by atoms with E-state index in [1.165, 1.54) is 12.0 Å². The SMILES string of the molecule is CCC(C)NCC(C)N1CCOc2ccccc2C1. The van der Waals surface area contributed by atoms with Gasteiger partial charge in [-0.15, -0.1) is 0 Å². The van der Waals surface area contributed by atoms with Gasteiger partial charge in [-0.3, -0.25) is 4.90 Å². The van der Waals surface area contributed by atoms with Gasteiger partial charge in [0.1, 0.15) is 12.4 Å². The molecule has 3 heteroatoms. The maximum atomic E-state index is 5.81. The highest BCUT2D eigenvalue weighted by atomic mass is 16.5. The number of rotatable bonds is 5. The Morgan fingerprint density at radius 2 is 2.11 bits per heavy atom. The molecule has 1 N–H and O–H groups in total. The summed E-state index contributed by atoms with van der Waals surface area (Å²) in [5.74, 6) is 1.05. The van der Waals surface area contributed by atoms with Crippen LogP contribution in [0.3, 0.4) is 0 Å². The molecule has 0 fully saturated rings. The van der Waals surface area contributed by atoms with Crippen LogP contribution in [0.2, 0.25) is 0 Å². The third-order valence-electron chi connectivity index (χ3n) is 3.98. The van der Waals surface area contributed by atoms with Crippen molar-refractivity contribution >= 4 is 0 Å². The van der Waals surface area contributed by atoms with Gasteiger partial charge in [-0.2, -0.15) is 0 Å². The van der Waals surface area contributed by atoms with Gasteiger partial charge in [0.05, 0.1) is 0 Å². The van der Waals surface area contributed by atoms with Crippen LogP contribution in [-0.2, 0) is 6.54 Å². The number of para-hydroxylation sites is 1. The first-order valence-corrected chi connectivity index (χ1v) is 7.38. The Balaban J connectivity index is 1.94. The Morgan fingerprint density at radius 1 is 1.32 bits per heavy atom. The van der Waals surface area contributed by atoms with Crippen LogP contribution in [-0.4, -0.2) is 36.7 Å². The molecule has 2 rings (SSSR count). The van der Waals surface area contributed by atoms with E-state index in [9.17, 15) is 0 Å². The van der Waals surface area contributed by atoms with E-state index < -0.39 is 0 Å². The molecule has 19 heavy (non-hydrogen) atoms. The van der Waals surface area contributed by atoms with Crippen molar-refractivity contribution in [2.75, 3.05) is 19.7 Å². The average molecular weight is 262 g/mol. The molecule has 0 saturated heterocycles. The van der Waals surface area contributed by atoms with Crippen LogP contribution < -0.4 is 10.1 Å². The fraction of sp³-hybridized carbons (Fsp3) is 0.625. The third kappa shape index (κ3) is 3.95. The number of hydrogen-bond donors (Lipinski definition) is 1. The van der Waals surface area contributed by atoms with Crippen molar-refractivity contribution in [2.24, 2.45) is 0 Å². The summed E-state index contributed by atoms with van der Waals surface area (Å²) in [5, 5.41) is 3.59. The number of fused-ring (bicyclic) bond motifs is 1. The number of benzene rings is 1. The van der Waals surface area contributed by atoms with Crippen molar-refractivity contribution in [1.82, 2.24) is 10.2 Å². The minimum atomic E-state index is 0.531. The highest BCUT2D eigenvalue weighted by Crippen LogP contribution is 2.23. The molecular weight excluding hydrogens is 236 g/mol.